The van der Waals surface area contributed by atoms with Gasteiger partial charge in [0.25, 0.3) is 10.2 Å². The molecule has 0 amide bonds. The first kappa shape index (κ1) is 14.8. The van der Waals surface area contributed by atoms with Crippen LogP contribution in [0.5, 0.6) is 0 Å². The van der Waals surface area contributed by atoms with E-state index in [1.54, 1.807) is 0 Å². The largest absolute Gasteiger partial charge is 0.392 e. The smallest absolute Gasteiger partial charge is 0.281 e. The first-order chi connectivity index (χ1) is 6.67. The Balaban J connectivity index is 4.77. The number of hydrogen-bond donors (Lipinski definition) is 2. The highest BCUT2D eigenvalue weighted by atomic mass is 32.2. The highest BCUT2D eigenvalue weighted by Gasteiger charge is 2.26. The van der Waals surface area contributed by atoms with Crippen LogP contribution in [0.4, 0.5) is 0 Å². The van der Waals surface area contributed by atoms with Gasteiger partial charge in [-0.1, -0.05) is 0 Å². The van der Waals surface area contributed by atoms with Gasteiger partial charge in [-0.2, -0.15) is 17.0 Å². The summed E-state index contributed by atoms with van der Waals surface area (Å²) in [5.74, 6) is 0. The van der Waals surface area contributed by atoms with E-state index in [1.165, 1.54) is 27.9 Å². The first-order valence-corrected chi connectivity index (χ1v) is 6.11. The molecule has 2 atom stereocenters. The number of hydrogen-bond acceptors (Lipinski definition) is 4. The SMILES string of the molecule is CC(O)CN(CC(C)O)S(=O)(=O)N(C)C. The van der Waals surface area contributed by atoms with Gasteiger partial charge in [0.15, 0.2) is 0 Å². The average Bonchev–Trinajstić information content (AvgIpc) is 2.00. The lowest BCUT2D eigenvalue weighted by atomic mass is 10.3. The third-order valence-corrected chi connectivity index (χ3v) is 3.60. The summed E-state index contributed by atoms with van der Waals surface area (Å²) >= 11 is 0. The van der Waals surface area contributed by atoms with Crippen LogP contribution in [0.25, 0.3) is 0 Å². The maximum absolute atomic E-state index is 11.7. The molecule has 0 radical (unpaired) electrons. The second kappa shape index (κ2) is 5.76. The van der Waals surface area contributed by atoms with Crippen molar-refractivity contribution < 1.29 is 18.6 Å². The van der Waals surface area contributed by atoms with Crippen molar-refractivity contribution in [1.82, 2.24) is 8.61 Å². The quantitative estimate of drug-likeness (QED) is 0.615. The van der Waals surface area contributed by atoms with Crippen molar-refractivity contribution in [2.45, 2.75) is 26.1 Å². The fourth-order valence-corrected chi connectivity index (χ4v) is 2.35. The lowest BCUT2D eigenvalue weighted by molar-refractivity contribution is 0.122. The highest BCUT2D eigenvalue weighted by molar-refractivity contribution is 7.86. The lowest BCUT2D eigenvalue weighted by Gasteiger charge is -2.27. The van der Waals surface area contributed by atoms with E-state index < -0.39 is 22.4 Å². The van der Waals surface area contributed by atoms with E-state index in [0.29, 0.717) is 0 Å². The maximum atomic E-state index is 11.7. The zero-order valence-electron chi connectivity index (χ0n) is 9.58. The summed E-state index contributed by atoms with van der Waals surface area (Å²) in [7, 11) is -0.764. The van der Waals surface area contributed by atoms with Crippen LogP contribution in [-0.4, -0.2) is 66.6 Å². The monoisotopic (exact) mass is 240 g/mol. The van der Waals surface area contributed by atoms with Crippen molar-refractivity contribution >= 4 is 10.2 Å². The number of aliphatic hydroxyl groups is 2. The predicted molar refractivity (Wildman–Crippen MR) is 57.5 cm³/mol. The van der Waals surface area contributed by atoms with E-state index >= 15 is 0 Å². The molecule has 0 aromatic heterocycles. The number of aliphatic hydroxyl groups excluding tert-OH is 2. The number of rotatable bonds is 6. The summed E-state index contributed by atoms with van der Waals surface area (Å²) in [4.78, 5) is 0. The standard InChI is InChI=1S/C8H20N2O4S/c1-7(11)5-10(6-8(2)12)15(13,14)9(3)4/h7-8,11-12H,5-6H2,1-4H3. The second-order valence-electron chi connectivity index (χ2n) is 3.81. The van der Waals surface area contributed by atoms with Gasteiger partial charge in [0.2, 0.25) is 0 Å². The summed E-state index contributed by atoms with van der Waals surface area (Å²) in [5.41, 5.74) is 0. The lowest BCUT2D eigenvalue weighted by Crippen LogP contribution is -2.46. The van der Waals surface area contributed by atoms with Crippen molar-refractivity contribution in [3.8, 4) is 0 Å². The zero-order chi connectivity index (χ0) is 12.2. The average molecular weight is 240 g/mol. The molecular formula is C8H20N2O4S. The zero-order valence-corrected chi connectivity index (χ0v) is 10.4. The second-order valence-corrected chi connectivity index (χ2v) is 5.95. The maximum Gasteiger partial charge on any atom is 0.281 e. The van der Waals surface area contributed by atoms with E-state index in [2.05, 4.69) is 0 Å². The summed E-state index contributed by atoms with van der Waals surface area (Å²) < 4.78 is 25.6. The van der Waals surface area contributed by atoms with Crippen LogP contribution in [-0.2, 0) is 10.2 Å². The van der Waals surface area contributed by atoms with Gasteiger partial charge >= 0.3 is 0 Å². The molecule has 0 aliphatic heterocycles. The van der Waals surface area contributed by atoms with Crippen LogP contribution in [0.1, 0.15) is 13.8 Å². The molecule has 0 saturated carbocycles. The van der Waals surface area contributed by atoms with Crippen molar-refractivity contribution in [1.29, 1.82) is 0 Å². The van der Waals surface area contributed by atoms with Crippen molar-refractivity contribution in [2.75, 3.05) is 27.2 Å². The van der Waals surface area contributed by atoms with Gasteiger partial charge in [0, 0.05) is 27.2 Å². The Morgan fingerprint density at radius 2 is 1.40 bits per heavy atom. The Kier molecular flexibility index (Phi) is 5.68. The predicted octanol–water partition coefficient (Wildman–Crippen LogP) is -1.14. The third kappa shape index (κ3) is 4.89. The molecule has 0 aromatic rings. The van der Waals surface area contributed by atoms with Gasteiger partial charge in [0.1, 0.15) is 0 Å². The molecule has 0 heterocycles. The number of nitrogens with zero attached hydrogens (tertiary/aromatic N) is 2. The fourth-order valence-electron chi connectivity index (χ4n) is 1.08. The molecule has 0 fully saturated rings. The molecule has 0 bridgehead atoms. The molecule has 15 heavy (non-hydrogen) atoms. The van der Waals surface area contributed by atoms with Gasteiger partial charge in [0.05, 0.1) is 12.2 Å². The van der Waals surface area contributed by atoms with E-state index in [1.807, 2.05) is 0 Å². The molecule has 2 N–H and O–H groups in total. The Bertz CT molecular complexity index is 264. The highest BCUT2D eigenvalue weighted by Crippen LogP contribution is 2.06. The van der Waals surface area contributed by atoms with Crippen LogP contribution < -0.4 is 0 Å². The third-order valence-electron chi connectivity index (χ3n) is 1.72. The van der Waals surface area contributed by atoms with Crippen molar-refractivity contribution in [3.63, 3.8) is 0 Å². The van der Waals surface area contributed by atoms with Crippen LogP contribution in [0.3, 0.4) is 0 Å². The van der Waals surface area contributed by atoms with E-state index in [0.717, 1.165) is 8.61 Å². The molecule has 0 aliphatic rings. The molecular weight excluding hydrogens is 220 g/mol. The molecule has 0 spiro atoms. The Hall–Kier alpha value is -0.210. The summed E-state index contributed by atoms with van der Waals surface area (Å²) in [6.07, 6.45) is -1.53. The van der Waals surface area contributed by atoms with Gasteiger partial charge in [-0.05, 0) is 13.8 Å². The van der Waals surface area contributed by atoms with E-state index in [9.17, 15) is 18.6 Å². The minimum atomic E-state index is -3.58. The fraction of sp³-hybridized carbons (Fsp3) is 1.00. The first-order valence-electron chi connectivity index (χ1n) is 4.71. The van der Waals surface area contributed by atoms with E-state index in [4.69, 9.17) is 0 Å². The molecule has 0 rings (SSSR count). The van der Waals surface area contributed by atoms with Crippen LogP contribution in [0.2, 0.25) is 0 Å². The summed E-state index contributed by atoms with van der Waals surface area (Å²) in [6.45, 7) is 2.96. The van der Waals surface area contributed by atoms with Gasteiger partial charge < -0.3 is 10.2 Å². The van der Waals surface area contributed by atoms with Crippen molar-refractivity contribution in [2.24, 2.45) is 0 Å². The summed E-state index contributed by atoms with van der Waals surface area (Å²) in [6, 6.07) is 0. The van der Waals surface area contributed by atoms with Gasteiger partial charge in [-0.25, -0.2) is 0 Å². The van der Waals surface area contributed by atoms with E-state index in [-0.39, 0.29) is 13.1 Å². The van der Waals surface area contributed by atoms with Crippen LogP contribution in [0, 0.1) is 0 Å². The summed E-state index contributed by atoms with van der Waals surface area (Å²) in [5, 5.41) is 18.3. The molecule has 0 aromatic carbocycles. The molecule has 6 nitrogen and oxygen atoms in total. The molecule has 0 aliphatic carbocycles. The van der Waals surface area contributed by atoms with Crippen LogP contribution in [0.15, 0.2) is 0 Å². The molecule has 0 saturated heterocycles. The Morgan fingerprint density at radius 1 is 1.07 bits per heavy atom. The Labute approximate surface area is 91.3 Å². The minimum Gasteiger partial charge on any atom is -0.392 e. The van der Waals surface area contributed by atoms with Crippen molar-refractivity contribution in [3.05, 3.63) is 0 Å². The molecule has 2 unspecified atom stereocenters. The normalized spacial score (nSPS) is 17.1. The van der Waals surface area contributed by atoms with Gasteiger partial charge in [-0.3, -0.25) is 0 Å². The van der Waals surface area contributed by atoms with Gasteiger partial charge in [-0.15, -0.1) is 0 Å². The Morgan fingerprint density at radius 3 is 1.60 bits per heavy atom. The minimum absolute atomic E-state index is 0.0224. The molecule has 7 heteroatoms. The topological polar surface area (TPSA) is 81.1 Å². The van der Waals surface area contributed by atoms with Crippen LogP contribution >= 0.6 is 0 Å². The molecule has 92 valence electrons.